The highest BCUT2D eigenvalue weighted by molar-refractivity contribution is 5.92. The van der Waals surface area contributed by atoms with Crippen molar-refractivity contribution in [3.8, 4) is 0 Å². The molecular formula is C14H18N6O2. The molecule has 2 aromatic rings. The van der Waals surface area contributed by atoms with Gasteiger partial charge in [0, 0.05) is 19.2 Å². The van der Waals surface area contributed by atoms with Gasteiger partial charge < -0.3 is 9.64 Å². The molecule has 0 aromatic carbocycles. The van der Waals surface area contributed by atoms with Crippen LogP contribution in [0.15, 0.2) is 12.4 Å². The smallest absolute Gasteiger partial charge is 0.274 e. The fraction of sp³-hybridized carbons (Fsp3) is 0.500. The molecule has 0 saturated carbocycles. The molecule has 8 heteroatoms. The van der Waals surface area contributed by atoms with Gasteiger partial charge in [0.2, 0.25) is 0 Å². The SMILES string of the molecule is CCc1nc([C@@H]2CN(C(=O)c3cnc(C)cn3)CCO2)n[nH]1. The molecule has 8 nitrogen and oxygen atoms in total. The average molecular weight is 302 g/mol. The number of nitrogens with zero attached hydrogens (tertiary/aromatic N) is 5. The molecule has 1 N–H and O–H groups in total. The number of amides is 1. The van der Waals surface area contributed by atoms with Crippen LogP contribution in [0.1, 0.15) is 40.9 Å². The van der Waals surface area contributed by atoms with Crippen molar-refractivity contribution < 1.29 is 9.53 Å². The van der Waals surface area contributed by atoms with Gasteiger partial charge in [0.25, 0.3) is 5.91 Å². The van der Waals surface area contributed by atoms with E-state index in [1.54, 1.807) is 11.1 Å². The Morgan fingerprint density at radius 2 is 2.32 bits per heavy atom. The Morgan fingerprint density at radius 1 is 1.45 bits per heavy atom. The molecule has 3 heterocycles. The molecule has 1 aliphatic heterocycles. The summed E-state index contributed by atoms with van der Waals surface area (Å²) in [6, 6.07) is 0. The highest BCUT2D eigenvalue weighted by atomic mass is 16.5. The molecule has 2 aromatic heterocycles. The van der Waals surface area contributed by atoms with Crippen LogP contribution in [-0.2, 0) is 11.2 Å². The number of aryl methyl sites for hydroxylation is 2. The molecule has 0 bridgehead atoms. The first kappa shape index (κ1) is 14.6. The van der Waals surface area contributed by atoms with Gasteiger partial charge in [-0.1, -0.05) is 6.92 Å². The van der Waals surface area contributed by atoms with Crippen LogP contribution in [0.5, 0.6) is 0 Å². The number of carbonyl (C=O) groups is 1. The van der Waals surface area contributed by atoms with Crippen LogP contribution in [0.25, 0.3) is 0 Å². The molecule has 1 amide bonds. The first-order valence-corrected chi connectivity index (χ1v) is 7.28. The summed E-state index contributed by atoms with van der Waals surface area (Å²) in [5.41, 5.74) is 1.12. The van der Waals surface area contributed by atoms with Gasteiger partial charge in [-0.15, -0.1) is 0 Å². The summed E-state index contributed by atoms with van der Waals surface area (Å²) < 4.78 is 5.68. The summed E-state index contributed by atoms with van der Waals surface area (Å²) in [5, 5.41) is 7.03. The van der Waals surface area contributed by atoms with Gasteiger partial charge in [-0.2, -0.15) is 5.10 Å². The Morgan fingerprint density at radius 3 is 3.00 bits per heavy atom. The van der Waals surface area contributed by atoms with Crippen molar-refractivity contribution in [3.63, 3.8) is 0 Å². The molecule has 0 aliphatic carbocycles. The zero-order chi connectivity index (χ0) is 15.5. The Labute approximate surface area is 127 Å². The van der Waals surface area contributed by atoms with Crippen LogP contribution in [0.3, 0.4) is 0 Å². The first-order valence-electron chi connectivity index (χ1n) is 7.28. The van der Waals surface area contributed by atoms with Crippen molar-refractivity contribution in [2.45, 2.75) is 26.4 Å². The standard InChI is InChI=1S/C14H18N6O2/c1-3-12-17-13(19-18-12)11-8-20(4-5-22-11)14(21)10-7-15-9(2)6-16-10/h6-7,11H,3-5,8H2,1-2H3,(H,17,18,19)/t11-/m0/s1. The summed E-state index contributed by atoms with van der Waals surface area (Å²) in [7, 11) is 0. The lowest BCUT2D eigenvalue weighted by Gasteiger charge is -2.31. The maximum Gasteiger partial charge on any atom is 0.274 e. The molecule has 1 fully saturated rings. The van der Waals surface area contributed by atoms with E-state index in [1.165, 1.54) is 6.20 Å². The van der Waals surface area contributed by atoms with Crippen LogP contribution >= 0.6 is 0 Å². The molecule has 0 unspecified atom stereocenters. The van der Waals surface area contributed by atoms with Gasteiger partial charge in [0.05, 0.1) is 25.0 Å². The predicted molar refractivity (Wildman–Crippen MR) is 77.1 cm³/mol. The maximum absolute atomic E-state index is 12.5. The van der Waals surface area contributed by atoms with Crippen molar-refractivity contribution in [1.29, 1.82) is 0 Å². The van der Waals surface area contributed by atoms with Crippen LogP contribution in [0, 0.1) is 6.92 Å². The molecule has 1 aliphatic rings. The fourth-order valence-electron chi connectivity index (χ4n) is 2.27. The van der Waals surface area contributed by atoms with Crippen LogP contribution < -0.4 is 0 Å². The van der Waals surface area contributed by atoms with E-state index < -0.39 is 0 Å². The molecule has 22 heavy (non-hydrogen) atoms. The van der Waals surface area contributed by atoms with E-state index in [4.69, 9.17) is 4.74 Å². The minimum Gasteiger partial charge on any atom is -0.366 e. The highest BCUT2D eigenvalue weighted by Crippen LogP contribution is 2.20. The van der Waals surface area contributed by atoms with Crippen LogP contribution in [0.4, 0.5) is 0 Å². The molecule has 0 radical (unpaired) electrons. The van der Waals surface area contributed by atoms with Gasteiger partial charge in [0.15, 0.2) is 5.82 Å². The second-order valence-electron chi connectivity index (χ2n) is 5.15. The van der Waals surface area contributed by atoms with Gasteiger partial charge in [-0.05, 0) is 6.92 Å². The topological polar surface area (TPSA) is 96.9 Å². The van der Waals surface area contributed by atoms with E-state index in [9.17, 15) is 4.79 Å². The van der Waals surface area contributed by atoms with Crippen molar-refractivity contribution in [1.82, 2.24) is 30.0 Å². The number of rotatable bonds is 3. The highest BCUT2D eigenvalue weighted by Gasteiger charge is 2.29. The zero-order valence-electron chi connectivity index (χ0n) is 12.6. The quantitative estimate of drug-likeness (QED) is 0.895. The molecule has 1 atom stereocenters. The Hall–Kier alpha value is -2.35. The second kappa shape index (κ2) is 6.18. The number of H-pyrrole nitrogens is 1. The number of aromatic amines is 1. The van der Waals surface area contributed by atoms with Crippen molar-refractivity contribution >= 4 is 5.91 Å². The van der Waals surface area contributed by atoms with Gasteiger partial charge in [-0.3, -0.25) is 14.9 Å². The minimum atomic E-state index is -0.312. The van der Waals surface area contributed by atoms with E-state index in [0.717, 1.165) is 17.9 Å². The third-order valence-corrected chi connectivity index (χ3v) is 3.53. The summed E-state index contributed by atoms with van der Waals surface area (Å²) in [4.78, 5) is 26.8. The van der Waals surface area contributed by atoms with Crippen LogP contribution in [0.2, 0.25) is 0 Å². The van der Waals surface area contributed by atoms with E-state index in [2.05, 4.69) is 25.1 Å². The molecule has 0 spiro atoms. The molecule has 1 saturated heterocycles. The monoisotopic (exact) mass is 302 g/mol. The van der Waals surface area contributed by atoms with E-state index in [1.807, 2.05) is 13.8 Å². The largest absolute Gasteiger partial charge is 0.366 e. The lowest BCUT2D eigenvalue weighted by atomic mass is 10.2. The second-order valence-corrected chi connectivity index (χ2v) is 5.15. The number of morpholine rings is 1. The normalized spacial score (nSPS) is 18.5. The van der Waals surface area contributed by atoms with E-state index >= 15 is 0 Å². The summed E-state index contributed by atoms with van der Waals surface area (Å²) in [5.74, 6) is 1.25. The third kappa shape index (κ3) is 2.96. The molecular weight excluding hydrogens is 284 g/mol. The fourth-order valence-corrected chi connectivity index (χ4v) is 2.27. The van der Waals surface area contributed by atoms with Crippen molar-refractivity contribution in [2.24, 2.45) is 0 Å². The number of hydrogen-bond donors (Lipinski definition) is 1. The summed E-state index contributed by atoms with van der Waals surface area (Å²) >= 11 is 0. The lowest BCUT2D eigenvalue weighted by molar-refractivity contribution is -0.0268. The minimum absolute atomic E-state index is 0.146. The summed E-state index contributed by atoms with van der Waals surface area (Å²) in [6.07, 6.45) is 3.56. The Balaban J connectivity index is 1.72. The number of ether oxygens (including phenoxy) is 1. The Kier molecular flexibility index (Phi) is 4.10. The zero-order valence-corrected chi connectivity index (χ0v) is 12.6. The number of hydrogen-bond acceptors (Lipinski definition) is 6. The molecule has 116 valence electrons. The van der Waals surface area contributed by atoms with Crippen LogP contribution in [-0.4, -0.2) is 55.7 Å². The van der Waals surface area contributed by atoms with Gasteiger partial charge in [0.1, 0.15) is 17.6 Å². The number of aromatic nitrogens is 5. The summed E-state index contributed by atoms with van der Waals surface area (Å²) in [6.45, 7) is 5.22. The number of carbonyl (C=O) groups excluding carboxylic acids is 1. The average Bonchev–Trinajstić information content (AvgIpc) is 3.04. The first-order chi connectivity index (χ1) is 10.7. The molecule has 3 rings (SSSR count). The van der Waals surface area contributed by atoms with Gasteiger partial charge >= 0.3 is 0 Å². The van der Waals surface area contributed by atoms with Crippen molar-refractivity contribution in [3.05, 3.63) is 35.4 Å². The predicted octanol–water partition coefficient (Wildman–Crippen LogP) is 0.679. The van der Waals surface area contributed by atoms with Crippen molar-refractivity contribution in [2.75, 3.05) is 19.7 Å². The third-order valence-electron chi connectivity index (χ3n) is 3.53. The van der Waals surface area contributed by atoms with Gasteiger partial charge in [-0.25, -0.2) is 9.97 Å². The van der Waals surface area contributed by atoms with E-state index in [-0.39, 0.29) is 12.0 Å². The maximum atomic E-state index is 12.5. The number of nitrogens with one attached hydrogen (secondary N) is 1. The Bertz CT molecular complexity index is 654. The lowest BCUT2D eigenvalue weighted by Crippen LogP contribution is -2.42. The van der Waals surface area contributed by atoms with E-state index in [0.29, 0.717) is 31.2 Å².